The predicted molar refractivity (Wildman–Crippen MR) is 86.7 cm³/mol. The monoisotopic (exact) mass is 275 g/mol. The van der Waals surface area contributed by atoms with Gasteiger partial charge in [0.25, 0.3) is 0 Å². The molecule has 0 amide bonds. The Bertz CT molecular complexity index is 63.6. The standard InChI is InChI=1S/C5H5.3C2H5.5CH3.Ti/c1-2-4-5-3-1;3*1-2;;;;;;/h1-3H,4H2;3*1H2,2H3;5*1H3;/q9*-1;. The molecule has 1 rings (SSSR count). The molecule has 0 saturated carbocycles. The summed E-state index contributed by atoms with van der Waals surface area (Å²) in [5, 5.41) is 0. The summed E-state index contributed by atoms with van der Waals surface area (Å²) in [4.78, 5) is 0. The van der Waals surface area contributed by atoms with Gasteiger partial charge in [0, 0.05) is 21.7 Å². The van der Waals surface area contributed by atoms with Gasteiger partial charge < -0.3 is 57.9 Å². The van der Waals surface area contributed by atoms with E-state index in [2.05, 4.69) is 32.9 Å². The van der Waals surface area contributed by atoms with Crippen molar-refractivity contribution in [3.8, 4) is 0 Å². The van der Waals surface area contributed by atoms with Gasteiger partial charge in [-0.1, -0.05) is 0 Å². The summed E-state index contributed by atoms with van der Waals surface area (Å²) >= 11 is 0. The van der Waals surface area contributed by atoms with Crippen molar-refractivity contribution in [1.82, 2.24) is 0 Å². The predicted octanol–water partition coefficient (Wildman–Crippen LogP) is 6.08. The van der Waals surface area contributed by atoms with Crippen LogP contribution in [0.2, 0.25) is 0 Å². The molecule has 0 aromatic carbocycles. The van der Waals surface area contributed by atoms with Crippen molar-refractivity contribution in [2.24, 2.45) is 0 Å². The molecule has 0 atom stereocenters. The summed E-state index contributed by atoms with van der Waals surface area (Å²) in [7, 11) is 0. The first kappa shape index (κ1) is 67.2. The summed E-state index contributed by atoms with van der Waals surface area (Å²) in [6.07, 6.45) is 10.0. The third kappa shape index (κ3) is 121. The van der Waals surface area contributed by atoms with Crippen LogP contribution in [0.15, 0.2) is 18.2 Å². The zero-order valence-corrected chi connectivity index (χ0v) is 15.1. The van der Waals surface area contributed by atoms with Gasteiger partial charge in [0.1, 0.15) is 0 Å². The van der Waals surface area contributed by atoms with E-state index in [0.29, 0.717) is 0 Å². The van der Waals surface area contributed by atoms with E-state index in [-0.39, 0.29) is 58.9 Å². The van der Waals surface area contributed by atoms with E-state index in [0.717, 1.165) is 6.42 Å². The first-order valence-corrected chi connectivity index (χ1v) is 3.84. The van der Waals surface area contributed by atoms with Crippen molar-refractivity contribution in [3.63, 3.8) is 0 Å². The second kappa shape index (κ2) is 139. The van der Waals surface area contributed by atoms with Crippen molar-refractivity contribution in [3.05, 3.63) is 82.2 Å². The number of hydrogen-bond acceptors (Lipinski definition) is 0. The van der Waals surface area contributed by atoms with E-state index in [1.807, 2.05) is 12.2 Å². The maximum Gasteiger partial charge on any atom is 0 e. The molecule has 0 nitrogen and oxygen atoms in total. The summed E-state index contributed by atoms with van der Waals surface area (Å²) in [5.41, 5.74) is 0. The third-order valence-electron chi connectivity index (χ3n) is 0.586. The molecule has 0 bridgehead atoms. The second-order valence-corrected chi connectivity index (χ2v) is 1.00. The molecule has 0 fully saturated rings. The van der Waals surface area contributed by atoms with Crippen molar-refractivity contribution in [2.45, 2.75) is 27.2 Å². The summed E-state index contributed by atoms with van der Waals surface area (Å²) < 4.78 is 0. The minimum Gasteiger partial charge on any atom is -0.358 e. The van der Waals surface area contributed by atoms with E-state index < -0.39 is 0 Å². The third-order valence-corrected chi connectivity index (χ3v) is 0.586. The van der Waals surface area contributed by atoms with Crippen LogP contribution < -0.4 is 0 Å². The fraction of sp³-hybridized carbons (Fsp3) is 0.250. The molecule has 0 spiro atoms. The van der Waals surface area contributed by atoms with E-state index in [1.54, 1.807) is 20.8 Å². The Morgan fingerprint density at radius 1 is 0.765 bits per heavy atom. The van der Waals surface area contributed by atoms with Crippen LogP contribution >= 0.6 is 0 Å². The molecule has 0 aromatic rings. The molecule has 0 aliphatic heterocycles. The molecule has 0 radical (unpaired) electrons. The normalized spacial score (nSPS) is 6.24. The van der Waals surface area contributed by atoms with Crippen LogP contribution in [0.5, 0.6) is 0 Å². The molecular formula is C16H35Ti-9. The molecule has 1 aliphatic carbocycles. The van der Waals surface area contributed by atoms with E-state index in [9.17, 15) is 0 Å². The SMILES string of the molecule is [C-]1=CC=CC1.[CH2-]C.[CH2-]C.[CH2-]C.[CH3-].[CH3-].[CH3-].[CH3-].[CH3-].[Ti]. The Morgan fingerprint density at radius 2 is 1.06 bits per heavy atom. The van der Waals surface area contributed by atoms with Gasteiger partial charge in [0.2, 0.25) is 0 Å². The fourth-order valence-corrected chi connectivity index (χ4v) is 0.340. The molecule has 1 aliphatic rings. The zero-order valence-electron chi connectivity index (χ0n) is 13.6. The van der Waals surface area contributed by atoms with Gasteiger partial charge >= 0.3 is 0 Å². The minimum absolute atomic E-state index is 0. The molecule has 17 heavy (non-hydrogen) atoms. The van der Waals surface area contributed by atoms with E-state index in [4.69, 9.17) is 0 Å². The zero-order chi connectivity index (χ0) is 9.54. The molecule has 0 N–H and O–H groups in total. The molecule has 112 valence electrons. The summed E-state index contributed by atoms with van der Waals surface area (Å²) in [6, 6.07) is 0. The van der Waals surface area contributed by atoms with Gasteiger partial charge in [-0.15, -0.1) is 6.42 Å². The average Bonchev–Trinajstić information content (AvgIpc) is 2.71. The number of allylic oxidation sites excluding steroid dienone is 4. The van der Waals surface area contributed by atoms with Gasteiger partial charge in [-0.05, 0) is 0 Å². The largest absolute Gasteiger partial charge is 0.358 e. The number of hydrogen-bond donors (Lipinski definition) is 0. The topological polar surface area (TPSA) is 0 Å². The van der Waals surface area contributed by atoms with Gasteiger partial charge in [0.05, 0.1) is 0 Å². The Morgan fingerprint density at radius 3 is 1.12 bits per heavy atom. The minimum atomic E-state index is 0. The van der Waals surface area contributed by atoms with Crippen LogP contribution in [-0.4, -0.2) is 0 Å². The van der Waals surface area contributed by atoms with Crippen LogP contribution in [0.4, 0.5) is 0 Å². The second-order valence-electron chi connectivity index (χ2n) is 1.00. The Hall–Kier alpha value is 0.194. The van der Waals surface area contributed by atoms with Crippen molar-refractivity contribution in [2.75, 3.05) is 0 Å². The van der Waals surface area contributed by atoms with Crippen LogP contribution in [-0.2, 0) is 21.7 Å². The first-order chi connectivity index (χ1) is 5.50. The van der Waals surface area contributed by atoms with E-state index in [1.165, 1.54) is 0 Å². The van der Waals surface area contributed by atoms with Gasteiger partial charge in [-0.3, -0.25) is 6.08 Å². The fourth-order valence-electron chi connectivity index (χ4n) is 0.340. The van der Waals surface area contributed by atoms with Gasteiger partial charge in [0.15, 0.2) is 0 Å². The maximum atomic E-state index is 3.25. The van der Waals surface area contributed by atoms with Crippen LogP contribution in [0, 0.1) is 64.0 Å². The maximum absolute atomic E-state index is 3.25. The summed E-state index contributed by atoms with van der Waals surface area (Å²) in [6.45, 7) is 15.0. The van der Waals surface area contributed by atoms with Crippen molar-refractivity contribution < 1.29 is 21.7 Å². The smallest absolute Gasteiger partial charge is 0 e. The summed E-state index contributed by atoms with van der Waals surface area (Å²) in [5.74, 6) is 0. The first-order valence-electron chi connectivity index (χ1n) is 3.84. The van der Waals surface area contributed by atoms with Crippen molar-refractivity contribution in [1.29, 1.82) is 0 Å². The average molecular weight is 275 g/mol. The molecular weight excluding hydrogens is 240 g/mol. The molecule has 0 unspecified atom stereocenters. The number of rotatable bonds is 0. The van der Waals surface area contributed by atoms with Crippen molar-refractivity contribution >= 4 is 0 Å². The van der Waals surface area contributed by atoms with Gasteiger partial charge in [-0.2, -0.15) is 26.8 Å². The molecule has 0 heterocycles. The van der Waals surface area contributed by atoms with E-state index >= 15 is 0 Å². The Balaban J connectivity index is -0.00000000705. The van der Waals surface area contributed by atoms with Crippen LogP contribution in [0.3, 0.4) is 0 Å². The molecule has 0 aromatic heterocycles. The molecule has 1 heteroatoms. The molecule has 0 saturated heterocycles. The van der Waals surface area contributed by atoms with Crippen LogP contribution in [0.25, 0.3) is 0 Å². The Labute approximate surface area is 131 Å². The Kier molecular flexibility index (Phi) is 547. The quantitative estimate of drug-likeness (QED) is 0.371. The van der Waals surface area contributed by atoms with Crippen LogP contribution in [0.1, 0.15) is 27.2 Å². The van der Waals surface area contributed by atoms with Gasteiger partial charge in [-0.25, -0.2) is 12.2 Å².